The van der Waals surface area contributed by atoms with Crippen LogP contribution in [0.5, 0.6) is 0 Å². The number of imidazole rings is 1. The van der Waals surface area contributed by atoms with Gasteiger partial charge >= 0.3 is 0 Å². The molecular weight excluding hydrogens is 296 g/mol. The molecule has 0 spiro atoms. The zero-order chi connectivity index (χ0) is 16.0. The monoisotopic (exact) mass is 309 g/mol. The number of rotatable bonds is 3. The smallest absolute Gasteiger partial charge is 0.161 e. The van der Waals surface area contributed by atoms with Crippen molar-refractivity contribution in [3.8, 4) is 6.07 Å². The molecule has 1 heterocycles. The molecule has 114 valence electrons. The molecule has 0 atom stereocenters. The Bertz CT molecular complexity index is 949. The lowest BCUT2D eigenvalue weighted by molar-refractivity contribution is 0.510. The molecule has 2 aromatic carbocycles. The number of aromatic nitrogens is 2. The summed E-state index contributed by atoms with van der Waals surface area (Å²) in [6.07, 6.45) is 2.10. The topological polar surface area (TPSA) is 41.6 Å². The Morgan fingerprint density at radius 1 is 1.17 bits per heavy atom. The largest absolute Gasteiger partial charge is 0.323 e. The van der Waals surface area contributed by atoms with Crippen molar-refractivity contribution in [2.45, 2.75) is 25.3 Å². The summed E-state index contributed by atoms with van der Waals surface area (Å²) < 4.78 is 29.1. The molecular formula is C18H13F2N3. The van der Waals surface area contributed by atoms with Crippen molar-refractivity contribution in [1.82, 2.24) is 9.55 Å². The van der Waals surface area contributed by atoms with E-state index in [0.29, 0.717) is 29.1 Å². The van der Waals surface area contributed by atoms with Gasteiger partial charge in [0.1, 0.15) is 5.82 Å². The normalized spacial score (nSPS) is 14.1. The van der Waals surface area contributed by atoms with E-state index >= 15 is 0 Å². The SMILES string of the molecule is N#Cc1cccc(Cn2c(C3CC3)nc3cc(F)c(F)cc32)c1. The maximum atomic E-state index is 13.7. The molecule has 0 bridgehead atoms. The van der Waals surface area contributed by atoms with Crippen LogP contribution in [-0.4, -0.2) is 9.55 Å². The number of hydrogen-bond donors (Lipinski definition) is 0. The van der Waals surface area contributed by atoms with E-state index in [9.17, 15) is 8.78 Å². The Balaban J connectivity index is 1.85. The van der Waals surface area contributed by atoms with Crippen molar-refractivity contribution in [3.05, 3.63) is 65.0 Å². The lowest BCUT2D eigenvalue weighted by atomic mass is 10.1. The van der Waals surface area contributed by atoms with Crippen LogP contribution in [0.25, 0.3) is 11.0 Å². The minimum atomic E-state index is -0.879. The molecule has 0 unspecified atom stereocenters. The predicted octanol–water partition coefficient (Wildman–Crippen LogP) is 4.11. The highest BCUT2D eigenvalue weighted by Gasteiger charge is 2.30. The Morgan fingerprint density at radius 3 is 2.70 bits per heavy atom. The summed E-state index contributed by atoms with van der Waals surface area (Å²) in [5, 5.41) is 9.02. The number of nitrogens with zero attached hydrogens (tertiary/aromatic N) is 3. The zero-order valence-electron chi connectivity index (χ0n) is 12.3. The van der Waals surface area contributed by atoms with Crippen molar-refractivity contribution in [3.63, 3.8) is 0 Å². The number of halogens is 2. The Labute approximate surface area is 131 Å². The molecule has 0 radical (unpaired) electrons. The highest BCUT2D eigenvalue weighted by Crippen LogP contribution is 2.41. The summed E-state index contributed by atoms with van der Waals surface area (Å²) in [6, 6.07) is 11.8. The maximum absolute atomic E-state index is 13.7. The summed E-state index contributed by atoms with van der Waals surface area (Å²) in [5.41, 5.74) is 2.59. The molecule has 1 aromatic heterocycles. The summed E-state index contributed by atoms with van der Waals surface area (Å²) in [5.74, 6) is -0.525. The fourth-order valence-corrected chi connectivity index (χ4v) is 2.88. The average molecular weight is 309 g/mol. The second kappa shape index (κ2) is 5.17. The molecule has 1 fully saturated rings. The van der Waals surface area contributed by atoms with Gasteiger partial charge in [0.05, 0.1) is 22.7 Å². The number of nitriles is 1. The van der Waals surface area contributed by atoms with Crippen molar-refractivity contribution in [1.29, 1.82) is 5.26 Å². The molecule has 0 N–H and O–H groups in total. The van der Waals surface area contributed by atoms with Crippen molar-refractivity contribution < 1.29 is 8.78 Å². The first-order valence-corrected chi connectivity index (χ1v) is 7.50. The van der Waals surface area contributed by atoms with E-state index in [1.54, 1.807) is 6.07 Å². The lowest BCUT2D eigenvalue weighted by Gasteiger charge is -2.09. The van der Waals surface area contributed by atoms with Crippen molar-refractivity contribution in [2.75, 3.05) is 0 Å². The van der Waals surface area contributed by atoms with Crippen LogP contribution in [0.1, 0.15) is 35.7 Å². The third kappa shape index (κ3) is 2.46. The summed E-state index contributed by atoms with van der Waals surface area (Å²) in [7, 11) is 0. The summed E-state index contributed by atoms with van der Waals surface area (Å²) in [4.78, 5) is 4.51. The van der Waals surface area contributed by atoms with Crippen molar-refractivity contribution >= 4 is 11.0 Å². The second-order valence-electron chi connectivity index (χ2n) is 5.90. The van der Waals surface area contributed by atoms with Crippen LogP contribution in [0.2, 0.25) is 0 Å². The minimum Gasteiger partial charge on any atom is -0.323 e. The average Bonchev–Trinajstić information content (AvgIpc) is 3.34. The van der Waals surface area contributed by atoms with Crippen LogP contribution in [-0.2, 0) is 6.54 Å². The van der Waals surface area contributed by atoms with Crippen LogP contribution >= 0.6 is 0 Å². The molecule has 4 rings (SSSR count). The fourth-order valence-electron chi connectivity index (χ4n) is 2.88. The van der Waals surface area contributed by atoms with Gasteiger partial charge in [0, 0.05) is 24.6 Å². The van der Waals surface area contributed by atoms with E-state index in [1.807, 2.05) is 22.8 Å². The van der Waals surface area contributed by atoms with E-state index in [2.05, 4.69) is 11.1 Å². The summed E-state index contributed by atoms with van der Waals surface area (Å²) >= 11 is 0. The van der Waals surface area contributed by atoms with Gasteiger partial charge in [0.15, 0.2) is 11.6 Å². The standard InChI is InChI=1S/C18H13F2N3/c19-14-7-16-17(8-15(14)20)23(18(22-16)13-4-5-13)10-12-3-1-2-11(6-12)9-21/h1-3,6-8,13H,4-5,10H2. The van der Waals surface area contributed by atoms with Gasteiger partial charge in [-0.2, -0.15) is 5.26 Å². The Morgan fingerprint density at radius 2 is 1.96 bits per heavy atom. The van der Waals surface area contributed by atoms with Gasteiger partial charge < -0.3 is 4.57 Å². The van der Waals surface area contributed by atoms with E-state index in [0.717, 1.165) is 30.3 Å². The fraction of sp³-hybridized carbons (Fsp3) is 0.222. The van der Waals surface area contributed by atoms with Gasteiger partial charge in [-0.25, -0.2) is 13.8 Å². The first-order valence-electron chi connectivity index (χ1n) is 7.50. The van der Waals surface area contributed by atoms with E-state index in [4.69, 9.17) is 5.26 Å². The third-order valence-electron chi connectivity index (χ3n) is 4.16. The Hall–Kier alpha value is -2.74. The highest BCUT2D eigenvalue weighted by molar-refractivity contribution is 5.76. The van der Waals surface area contributed by atoms with Gasteiger partial charge in [-0.15, -0.1) is 0 Å². The van der Waals surface area contributed by atoms with Crippen LogP contribution in [0.4, 0.5) is 8.78 Å². The van der Waals surface area contributed by atoms with Gasteiger partial charge in [0.2, 0.25) is 0 Å². The predicted molar refractivity (Wildman–Crippen MR) is 81.9 cm³/mol. The molecule has 1 aliphatic carbocycles. The van der Waals surface area contributed by atoms with Crippen molar-refractivity contribution in [2.24, 2.45) is 0 Å². The van der Waals surface area contributed by atoms with Gasteiger partial charge in [-0.05, 0) is 30.5 Å². The Kier molecular flexibility index (Phi) is 3.12. The van der Waals surface area contributed by atoms with E-state index in [-0.39, 0.29) is 0 Å². The van der Waals surface area contributed by atoms with Gasteiger partial charge in [-0.1, -0.05) is 12.1 Å². The molecule has 5 heteroatoms. The molecule has 1 saturated carbocycles. The van der Waals surface area contributed by atoms with E-state index in [1.165, 1.54) is 6.07 Å². The zero-order valence-corrected chi connectivity index (χ0v) is 12.3. The third-order valence-corrected chi connectivity index (χ3v) is 4.16. The minimum absolute atomic E-state index is 0.354. The van der Waals surface area contributed by atoms with Crippen LogP contribution in [0.15, 0.2) is 36.4 Å². The summed E-state index contributed by atoms with van der Waals surface area (Å²) in [6.45, 7) is 0.489. The van der Waals surface area contributed by atoms with Gasteiger partial charge in [-0.3, -0.25) is 0 Å². The number of fused-ring (bicyclic) bond motifs is 1. The highest BCUT2D eigenvalue weighted by atomic mass is 19.2. The van der Waals surface area contributed by atoms with Crippen LogP contribution < -0.4 is 0 Å². The molecule has 0 saturated heterocycles. The molecule has 0 amide bonds. The molecule has 0 aliphatic heterocycles. The first-order chi connectivity index (χ1) is 11.2. The molecule has 1 aliphatic rings. The second-order valence-corrected chi connectivity index (χ2v) is 5.90. The van der Waals surface area contributed by atoms with Gasteiger partial charge in [0.25, 0.3) is 0 Å². The van der Waals surface area contributed by atoms with Crippen LogP contribution in [0.3, 0.4) is 0 Å². The molecule has 3 nitrogen and oxygen atoms in total. The molecule has 23 heavy (non-hydrogen) atoms. The lowest BCUT2D eigenvalue weighted by Crippen LogP contribution is -2.04. The van der Waals surface area contributed by atoms with Crippen LogP contribution in [0, 0.1) is 23.0 Å². The first kappa shape index (κ1) is 13.9. The quantitative estimate of drug-likeness (QED) is 0.730. The number of hydrogen-bond acceptors (Lipinski definition) is 2. The number of benzene rings is 2. The van der Waals surface area contributed by atoms with E-state index < -0.39 is 11.6 Å². The molecule has 3 aromatic rings. The maximum Gasteiger partial charge on any atom is 0.161 e.